The zero-order valence-electron chi connectivity index (χ0n) is 13.2. The smallest absolute Gasteiger partial charge is 0.227 e. The number of nitrogens with one attached hydrogen (secondary N) is 1. The maximum Gasteiger partial charge on any atom is 0.227 e. The Morgan fingerprint density at radius 3 is 2.96 bits per heavy atom. The molecule has 0 spiro atoms. The van der Waals surface area contributed by atoms with Crippen LogP contribution in [-0.2, 0) is 17.9 Å². The van der Waals surface area contributed by atoms with E-state index in [1.165, 1.54) is 18.5 Å². The molecule has 0 aliphatic carbocycles. The maximum absolute atomic E-state index is 13.3. The van der Waals surface area contributed by atoms with E-state index < -0.39 is 0 Å². The standard InChI is InChI=1S/C16H17FN6O/c1-12-8-19-23(9-13-3-2-4-14(17)7-13)16(12)21-15(24)5-6-22-11-18-10-20-22/h2-4,7-8,10-11H,5-6,9H2,1H3,(H,21,24). The summed E-state index contributed by atoms with van der Waals surface area (Å²) in [6, 6.07) is 6.31. The lowest BCUT2D eigenvalue weighted by molar-refractivity contribution is -0.116. The van der Waals surface area contributed by atoms with Crippen molar-refractivity contribution < 1.29 is 9.18 Å². The van der Waals surface area contributed by atoms with E-state index in [1.807, 2.05) is 13.0 Å². The lowest BCUT2D eigenvalue weighted by Gasteiger charge is -2.10. The van der Waals surface area contributed by atoms with E-state index in [9.17, 15) is 9.18 Å². The minimum absolute atomic E-state index is 0.144. The van der Waals surface area contributed by atoms with Crippen LogP contribution in [-0.4, -0.2) is 30.5 Å². The predicted molar refractivity (Wildman–Crippen MR) is 85.7 cm³/mol. The van der Waals surface area contributed by atoms with Crippen LogP contribution < -0.4 is 5.32 Å². The molecule has 3 aromatic rings. The molecule has 0 aliphatic rings. The summed E-state index contributed by atoms with van der Waals surface area (Å²) >= 11 is 0. The molecule has 1 aromatic carbocycles. The van der Waals surface area contributed by atoms with Gasteiger partial charge in [0.1, 0.15) is 24.3 Å². The fourth-order valence-electron chi connectivity index (χ4n) is 2.33. The third-order valence-corrected chi connectivity index (χ3v) is 3.54. The molecule has 0 aliphatic heterocycles. The maximum atomic E-state index is 13.3. The Hall–Kier alpha value is -3.03. The number of hydrogen-bond acceptors (Lipinski definition) is 4. The van der Waals surface area contributed by atoms with Crippen LogP contribution in [0.2, 0.25) is 0 Å². The molecule has 1 N–H and O–H groups in total. The molecule has 0 unspecified atom stereocenters. The summed E-state index contributed by atoms with van der Waals surface area (Å²) in [5.74, 6) is 0.173. The molecule has 0 fully saturated rings. The number of aromatic nitrogens is 5. The number of carbonyl (C=O) groups is 1. The fraction of sp³-hybridized carbons (Fsp3) is 0.250. The summed E-state index contributed by atoms with van der Waals surface area (Å²) in [4.78, 5) is 16.0. The minimum atomic E-state index is -0.296. The van der Waals surface area contributed by atoms with Crippen LogP contribution in [0.25, 0.3) is 0 Å². The lowest BCUT2D eigenvalue weighted by atomic mass is 10.2. The second-order valence-corrected chi connectivity index (χ2v) is 5.42. The van der Waals surface area contributed by atoms with Crippen LogP contribution in [0.3, 0.4) is 0 Å². The van der Waals surface area contributed by atoms with Crippen molar-refractivity contribution in [3.63, 3.8) is 0 Å². The van der Waals surface area contributed by atoms with Crippen molar-refractivity contribution in [1.82, 2.24) is 24.5 Å². The highest BCUT2D eigenvalue weighted by Gasteiger charge is 2.12. The number of aryl methyl sites for hydroxylation is 2. The molecular weight excluding hydrogens is 311 g/mol. The molecule has 7 nitrogen and oxygen atoms in total. The first-order valence-electron chi connectivity index (χ1n) is 7.51. The van der Waals surface area contributed by atoms with Gasteiger partial charge in [0.2, 0.25) is 5.91 Å². The molecule has 0 atom stereocenters. The normalized spacial score (nSPS) is 10.8. The number of rotatable bonds is 6. The summed E-state index contributed by atoms with van der Waals surface area (Å²) in [7, 11) is 0. The van der Waals surface area contributed by atoms with Gasteiger partial charge in [-0.3, -0.25) is 9.48 Å². The van der Waals surface area contributed by atoms with Gasteiger partial charge in [-0.1, -0.05) is 12.1 Å². The van der Waals surface area contributed by atoms with Crippen molar-refractivity contribution >= 4 is 11.7 Å². The van der Waals surface area contributed by atoms with Gasteiger partial charge >= 0.3 is 0 Å². The number of amides is 1. The number of benzene rings is 1. The second kappa shape index (κ2) is 7.03. The Labute approximate surface area is 138 Å². The average Bonchev–Trinajstić information content (AvgIpc) is 3.18. The molecule has 124 valence electrons. The molecule has 0 radical (unpaired) electrons. The van der Waals surface area contributed by atoms with Gasteiger partial charge in [0.15, 0.2) is 0 Å². The lowest BCUT2D eigenvalue weighted by Crippen LogP contribution is -2.18. The zero-order chi connectivity index (χ0) is 16.9. The SMILES string of the molecule is Cc1cnn(Cc2cccc(F)c2)c1NC(=O)CCn1cncn1. The van der Waals surface area contributed by atoms with E-state index in [2.05, 4.69) is 20.5 Å². The van der Waals surface area contributed by atoms with Gasteiger partial charge in [-0.15, -0.1) is 0 Å². The Kier molecular flexibility index (Phi) is 4.64. The van der Waals surface area contributed by atoms with E-state index in [1.54, 1.807) is 28.0 Å². The van der Waals surface area contributed by atoms with Crippen LogP contribution in [0.4, 0.5) is 10.2 Å². The van der Waals surface area contributed by atoms with E-state index in [0.29, 0.717) is 18.9 Å². The Balaban J connectivity index is 1.67. The highest BCUT2D eigenvalue weighted by Crippen LogP contribution is 2.16. The molecule has 8 heteroatoms. The van der Waals surface area contributed by atoms with Crippen molar-refractivity contribution in [1.29, 1.82) is 0 Å². The summed E-state index contributed by atoms with van der Waals surface area (Å²) < 4.78 is 16.6. The Morgan fingerprint density at radius 1 is 1.33 bits per heavy atom. The fourth-order valence-corrected chi connectivity index (χ4v) is 2.33. The van der Waals surface area contributed by atoms with Crippen molar-refractivity contribution in [2.45, 2.75) is 26.4 Å². The van der Waals surface area contributed by atoms with Gasteiger partial charge in [-0.25, -0.2) is 14.1 Å². The molecule has 0 bridgehead atoms. The number of hydrogen-bond donors (Lipinski definition) is 1. The van der Waals surface area contributed by atoms with Gasteiger partial charge in [0.25, 0.3) is 0 Å². The minimum Gasteiger partial charge on any atom is -0.311 e. The second-order valence-electron chi connectivity index (χ2n) is 5.42. The first kappa shape index (κ1) is 15.9. The first-order valence-corrected chi connectivity index (χ1v) is 7.51. The molecule has 24 heavy (non-hydrogen) atoms. The molecular formula is C16H17FN6O. The molecule has 2 aromatic heterocycles. The van der Waals surface area contributed by atoms with Crippen LogP contribution >= 0.6 is 0 Å². The third-order valence-electron chi connectivity index (χ3n) is 3.54. The predicted octanol–water partition coefficient (Wildman–Crippen LogP) is 2.00. The summed E-state index contributed by atoms with van der Waals surface area (Å²) in [5, 5.41) is 11.1. The van der Waals surface area contributed by atoms with E-state index in [0.717, 1.165) is 11.1 Å². The summed E-state index contributed by atoms with van der Waals surface area (Å²) in [6.45, 7) is 2.69. The largest absolute Gasteiger partial charge is 0.311 e. The Bertz CT molecular complexity index is 827. The Morgan fingerprint density at radius 2 is 2.21 bits per heavy atom. The summed E-state index contributed by atoms with van der Waals surface area (Å²) in [5.41, 5.74) is 1.62. The first-order chi connectivity index (χ1) is 11.6. The monoisotopic (exact) mass is 328 g/mol. The van der Waals surface area contributed by atoms with Gasteiger partial charge in [-0.2, -0.15) is 10.2 Å². The average molecular weight is 328 g/mol. The van der Waals surface area contributed by atoms with Crippen LogP contribution in [0.1, 0.15) is 17.5 Å². The number of nitrogens with zero attached hydrogens (tertiary/aromatic N) is 5. The van der Waals surface area contributed by atoms with E-state index >= 15 is 0 Å². The summed E-state index contributed by atoms with van der Waals surface area (Å²) in [6.07, 6.45) is 4.93. The van der Waals surface area contributed by atoms with E-state index in [4.69, 9.17) is 0 Å². The van der Waals surface area contributed by atoms with Gasteiger partial charge < -0.3 is 5.32 Å². The number of carbonyl (C=O) groups excluding carboxylic acids is 1. The number of halogens is 1. The molecule has 2 heterocycles. The van der Waals surface area contributed by atoms with E-state index in [-0.39, 0.29) is 18.1 Å². The zero-order valence-corrected chi connectivity index (χ0v) is 13.2. The van der Waals surface area contributed by atoms with Crippen LogP contribution in [0.15, 0.2) is 43.1 Å². The van der Waals surface area contributed by atoms with Crippen LogP contribution in [0, 0.1) is 12.7 Å². The van der Waals surface area contributed by atoms with Crippen molar-refractivity contribution in [2.24, 2.45) is 0 Å². The van der Waals surface area contributed by atoms with Gasteiger partial charge in [-0.05, 0) is 24.6 Å². The quantitative estimate of drug-likeness (QED) is 0.751. The number of anilines is 1. The van der Waals surface area contributed by atoms with Crippen molar-refractivity contribution in [3.05, 3.63) is 60.1 Å². The molecule has 0 saturated heterocycles. The molecule has 3 rings (SSSR count). The van der Waals surface area contributed by atoms with Gasteiger partial charge in [0.05, 0.1) is 19.3 Å². The molecule has 0 saturated carbocycles. The third kappa shape index (κ3) is 3.83. The highest BCUT2D eigenvalue weighted by atomic mass is 19.1. The van der Waals surface area contributed by atoms with Crippen molar-refractivity contribution in [3.8, 4) is 0 Å². The van der Waals surface area contributed by atoms with Crippen LogP contribution in [0.5, 0.6) is 0 Å². The van der Waals surface area contributed by atoms with Gasteiger partial charge in [0, 0.05) is 12.0 Å². The molecule has 1 amide bonds. The topological polar surface area (TPSA) is 77.6 Å². The van der Waals surface area contributed by atoms with Crippen molar-refractivity contribution in [2.75, 3.05) is 5.32 Å². The highest BCUT2D eigenvalue weighted by molar-refractivity contribution is 5.90.